The molecule has 114 valence electrons. The second kappa shape index (κ2) is 6.89. The maximum atomic E-state index is 12.5. The lowest BCUT2D eigenvalue weighted by atomic mass is 9.95. The molecule has 5 nitrogen and oxygen atoms in total. The molecule has 0 unspecified atom stereocenters. The van der Waals surface area contributed by atoms with Crippen molar-refractivity contribution in [1.29, 1.82) is 0 Å². The number of hydrogen-bond acceptors (Lipinski definition) is 4. The van der Waals surface area contributed by atoms with Gasteiger partial charge < -0.3 is 10.5 Å². The fourth-order valence-electron chi connectivity index (χ4n) is 1.88. The molecule has 0 aliphatic rings. The van der Waals surface area contributed by atoms with Crippen molar-refractivity contribution in [3.63, 3.8) is 0 Å². The molecule has 0 radical (unpaired) electrons. The van der Waals surface area contributed by atoms with E-state index >= 15 is 0 Å². The quantitative estimate of drug-likeness (QED) is 0.777. The molecular formula is C13H21BrN2O3S. The van der Waals surface area contributed by atoms with E-state index in [1.165, 1.54) is 19.2 Å². The summed E-state index contributed by atoms with van der Waals surface area (Å²) in [7, 11) is -2.14. The number of nitrogens with one attached hydrogen (secondary N) is 1. The van der Waals surface area contributed by atoms with Gasteiger partial charge in [-0.1, -0.05) is 13.8 Å². The second-order valence-corrected chi connectivity index (χ2v) is 7.13. The number of rotatable bonds is 7. The number of benzene rings is 1. The lowest BCUT2D eigenvalue weighted by molar-refractivity contribution is 0.363. The lowest BCUT2D eigenvalue weighted by Gasteiger charge is -2.31. The molecule has 0 saturated heterocycles. The zero-order chi connectivity index (χ0) is 15.4. The fraction of sp³-hybridized carbons (Fsp3) is 0.538. The maximum Gasteiger partial charge on any atom is 0.241 e. The Bertz CT molecular complexity index is 548. The number of methoxy groups -OCH3 is 1. The molecule has 0 bridgehead atoms. The Morgan fingerprint density at radius 1 is 1.35 bits per heavy atom. The summed E-state index contributed by atoms with van der Waals surface area (Å²) >= 11 is 3.30. The zero-order valence-electron chi connectivity index (χ0n) is 11.9. The first-order chi connectivity index (χ1) is 9.34. The van der Waals surface area contributed by atoms with Gasteiger partial charge in [0.1, 0.15) is 5.75 Å². The molecule has 0 atom stereocenters. The highest BCUT2D eigenvalue weighted by molar-refractivity contribution is 9.10. The van der Waals surface area contributed by atoms with E-state index in [9.17, 15) is 8.42 Å². The van der Waals surface area contributed by atoms with E-state index in [0.29, 0.717) is 23.1 Å². The third-order valence-electron chi connectivity index (χ3n) is 3.53. The average Bonchev–Trinajstić information content (AvgIpc) is 2.45. The van der Waals surface area contributed by atoms with Crippen LogP contribution in [0.2, 0.25) is 0 Å². The summed E-state index contributed by atoms with van der Waals surface area (Å²) in [5.41, 5.74) is 5.12. The molecule has 1 aromatic carbocycles. The Hall–Kier alpha value is -0.630. The second-order valence-electron chi connectivity index (χ2n) is 4.59. The number of hydrogen-bond donors (Lipinski definition) is 2. The van der Waals surface area contributed by atoms with E-state index in [1.54, 1.807) is 6.07 Å². The van der Waals surface area contributed by atoms with Gasteiger partial charge in [-0.3, -0.25) is 0 Å². The minimum Gasteiger partial charge on any atom is -0.496 e. The summed E-state index contributed by atoms with van der Waals surface area (Å²) in [4.78, 5) is 0.164. The minimum absolute atomic E-state index is 0.164. The summed E-state index contributed by atoms with van der Waals surface area (Å²) in [5.74, 6) is 0.472. The van der Waals surface area contributed by atoms with E-state index in [0.717, 1.165) is 0 Å². The summed E-state index contributed by atoms with van der Waals surface area (Å²) in [6, 6.07) is 4.66. The summed E-state index contributed by atoms with van der Waals surface area (Å²) < 4.78 is 33.5. The molecule has 1 aromatic rings. The van der Waals surface area contributed by atoms with Crippen molar-refractivity contribution >= 4 is 26.0 Å². The Morgan fingerprint density at radius 2 is 1.95 bits per heavy atom. The average molecular weight is 365 g/mol. The van der Waals surface area contributed by atoms with Gasteiger partial charge in [-0.15, -0.1) is 0 Å². The number of sulfonamides is 1. The van der Waals surface area contributed by atoms with E-state index in [1.807, 2.05) is 13.8 Å². The van der Waals surface area contributed by atoms with Gasteiger partial charge in [-0.05, 0) is 40.9 Å². The van der Waals surface area contributed by atoms with Crippen LogP contribution in [0.25, 0.3) is 0 Å². The SMILES string of the molecule is CCC(CC)(CN)NS(=O)(=O)c1ccc(Br)c(OC)c1. The van der Waals surface area contributed by atoms with Gasteiger partial charge in [0.25, 0.3) is 0 Å². The highest BCUT2D eigenvalue weighted by atomic mass is 79.9. The van der Waals surface area contributed by atoms with Gasteiger partial charge in [0.2, 0.25) is 10.0 Å². The third-order valence-corrected chi connectivity index (χ3v) is 5.76. The van der Waals surface area contributed by atoms with Crippen molar-refractivity contribution in [2.75, 3.05) is 13.7 Å². The first-order valence-corrected chi connectivity index (χ1v) is 8.69. The first kappa shape index (κ1) is 17.4. The van der Waals surface area contributed by atoms with E-state index in [2.05, 4.69) is 20.7 Å². The van der Waals surface area contributed by atoms with Crippen molar-refractivity contribution in [2.45, 2.75) is 37.1 Å². The Balaban J connectivity index is 3.17. The lowest BCUT2D eigenvalue weighted by Crippen LogP contribution is -2.52. The van der Waals surface area contributed by atoms with Gasteiger partial charge >= 0.3 is 0 Å². The third kappa shape index (κ3) is 3.72. The molecule has 0 spiro atoms. The summed E-state index contributed by atoms with van der Waals surface area (Å²) in [6.45, 7) is 4.09. The normalized spacial score (nSPS) is 12.4. The highest BCUT2D eigenvalue weighted by Crippen LogP contribution is 2.28. The molecule has 3 N–H and O–H groups in total. The fourth-order valence-corrected chi connectivity index (χ4v) is 3.85. The molecule has 1 rings (SSSR count). The molecule has 7 heteroatoms. The number of halogens is 1. The predicted molar refractivity (Wildman–Crippen MR) is 83.4 cm³/mol. The van der Waals surface area contributed by atoms with Crippen LogP contribution in [0.4, 0.5) is 0 Å². The van der Waals surface area contributed by atoms with Gasteiger partial charge in [0.15, 0.2) is 0 Å². The molecule has 0 aliphatic heterocycles. The number of ether oxygens (including phenoxy) is 1. The molecule has 0 heterocycles. The van der Waals surface area contributed by atoms with Crippen molar-refractivity contribution in [2.24, 2.45) is 5.73 Å². The Morgan fingerprint density at radius 3 is 2.40 bits per heavy atom. The van der Waals surface area contributed by atoms with Crippen molar-refractivity contribution in [3.8, 4) is 5.75 Å². The molecule has 20 heavy (non-hydrogen) atoms. The van der Waals surface area contributed by atoms with Gasteiger partial charge in [-0.2, -0.15) is 0 Å². The maximum absolute atomic E-state index is 12.5. The molecule has 0 saturated carbocycles. The summed E-state index contributed by atoms with van der Waals surface area (Å²) in [6.07, 6.45) is 1.26. The molecule has 0 fully saturated rings. The van der Waals surface area contributed by atoms with E-state index in [-0.39, 0.29) is 11.4 Å². The Kier molecular flexibility index (Phi) is 6.00. The smallest absolute Gasteiger partial charge is 0.241 e. The largest absolute Gasteiger partial charge is 0.496 e. The monoisotopic (exact) mass is 364 g/mol. The molecular weight excluding hydrogens is 344 g/mol. The van der Waals surface area contributed by atoms with Crippen LogP contribution in [0.1, 0.15) is 26.7 Å². The van der Waals surface area contributed by atoms with Crippen molar-refractivity contribution < 1.29 is 13.2 Å². The van der Waals surface area contributed by atoms with E-state index < -0.39 is 15.6 Å². The molecule has 0 aromatic heterocycles. The van der Waals surface area contributed by atoms with Crippen LogP contribution in [-0.2, 0) is 10.0 Å². The zero-order valence-corrected chi connectivity index (χ0v) is 14.3. The van der Waals surface area contributed by atoms with Crippen LogP contribution in [0.3, 0.4) is 0 Å². The standard InChI is InChI=1S/C13H21BrN2O3S/c1-4-13(5-2,9-15)16-20(17,18)10-6-7-11(14)12(8-10)19-3/h6-8,16H,4-5,9,15H2,1-3H3. The van der Waals surface area contributed by atoms with Crippen LogP contribution in [0.5, 0.6) is 5.75 Å². The van der Waals surface area contributed by atoms with Crippen LogP contribution < -0.4 is 15.2 Å². The topological polar surface area (TPSA) is 81.4 Å². The van der Waals surface area contributed by atoms with Gasteiger partial charge in [0.05, 0.1) is 16.5 Å². The molecule has 0 amide bonds. The minimum atomic E-state index is -3.63. The highest BCUT2D eigenvalue weighted by Gasteiger charge is 2.31. The van der Waals surface area contributed by atoms with Gasteiger partial charge in [-0.25, -0.2) is 13.1 Å². The predicted octanol–water partition coefficient (Wildman–Crippen LogP) is 2.25. The number of nitrogens with two attached hydrogens (primary N) is 1. The first-order valence-electron chi connectivity index (χ1n) is 6.41. The summed E-state index contributed by atoms with van der Waals surface area (Å²) in [5, 5.41) is 0. The van der Waals surface area contributed by atoms with Crippen LogP contribution in [0.15, 0.2) is 27.6 Å². The van der Waals surface area contributed by atoms with Crippen LogP contribution >= 0.6 is 15.9 Å². The van der Waals surface area contributed by atoms with Crippen molar-refractivity contribution in [1.82, 2.24) is 4.72 Å². The van der Waals surface area contributed by atoms with Crippen LogP contribution in [-0.4, -0.2) is 27.6 Å². The Labute approximate surface area is 129 Å². The van der Waals surface area contributed by atoms with Gasteiger partial charge in [0, 0.05) is 18.2 Å². The van der Waals surface area contributed by atoms with Crippen LogP contribution in [0, 0.1) is 0 Å². The van der Waals surface area contributed by atoms with Crippen molar-refractivity contribution in [3.05, 3.63) is 22.7 Å². The molecule has 0 aliphatic carbocycles. The van der Waals surface area contributed by atoms with E-state index in [4.69, 9.17) is 10.5 Å².